The van der Waals surface area contributed by atoms with Crippen LogP contribution in [0.4, 0.5) is 15.9 Å². The van der Waals surface area contributed by atoms with Crippen molar-refractivity contribution in [3.63, 3.8) is 0 Å². The summed E-state index contributed by atoms with van der Waals surface area (Å²) >= 11 is 0. The molecule has 30 heavy (non-hydrogen) atoms. The Bertz CT molecular complexity index is 1090. The van der Waals surface area contributed by atoms with Gasteiger partial charge in [0.1, 0.15) is 18.0 Å². The number of likely N-dealkylation sites (tertiary alicyclic amines) is 1. The largest absolute Gasteiger partial charge is 0.340 e. The van der Waals surface area contributed by atoms with Gasteiger partial charge in [0.2, 0.25) is 5.91 Å². The second-order valence-corrected chi connectivity index (χ2v) is 7.84. The molecule has 0 saturated carbocycles. The molecule has 0 bridgehead atoms. The summed E-state index contributed by atoms with van der Waals surface area (Å²) in [7, 11) is 0. The molecule has 3 aromatic rings. The van der Waals surface area contributed by atoms with Crippen LogP contribution in [0.15, 0.2) is 55.4 Å². The van der Waals surface area contributed by atoms with Gasteiger partial charge in [-0.3, -0.25) is 4.79 Å². The fraction of sp³-hybridized carbons (Fsp3) is 0.292. The average Bonchev–Trinajstić information content (AvgIpc) is 2.77. The van der Waals surface area contributed by atoms with E-state index in [0.29, 0.717) is 17.3 Å². The Morgan fingerprint density at radius 1 is 1.23 bits per heavy atom. The minimum Gasteiger partial charge on any atom is -0.340 e. The number of hydrogen-bond acceptors (Lipinski definition) is 4. The number of piperidine rings is 1. The van der Waals surface area contributed by atoms with Gasteiger partial charge in [-0.2, -0.15) is 0 Å². The number of anilines is 2. The van der Waals surface area contributed by atoms with E-state index >= 15 is 0 Å². The maximum absolute atomic E-state index is 13.6. The molecule has 0 unspecified atom stereocenters. The Morgan fingerprint density at radius 2 is 2.03 bits per heavy atom. The highest BCUT2D eigenvalue weighted by Crippen LogP contribution is 2.28. The summed E-state index contributed by atoms with van der Waals surface area (Å²) in [6.07, 6.45) is 5.86. The number of halogens is 1. The van der Waals surface area contributed by atoms with Crippen molar-refractivity contribution in [1.29, 1.82) is 0 Å². The van der Waals surface area contributed by atoms with Crippen molar-refractivity contribution in [3.8, 4) is 0 Å². The molecule has 1 aromatic heterocycles. The summed E-state index contributed by atoms with van der Waals surface area (Å²) in [5.74, 6) is 1.04. The number of carbonyl (C=O) groups is 1. The van der Waals surface area contributed by atoms with E-state index in [9.17, 15) is 9.18 Å². The molecule has 154 valence electrons. The first kappa shape index (κ1) is 20.0. The second kappa shape index (κ2) is 8.61. The normalized spacial score (nSPS) is 14.7. The molecule has 1 N–H and O–H groups in total. The lowest BCUT2D eigenvalue weighted by molar-refractivity contribution is -0.127. The van der Waals surface area contributed by atoms with Gasteiger partial charge in [0, 0.05) is 24.2 Å². The minimum absolute atomic E-state index is 0.0167. The molecule has 1 saturated heterocycles. The van der Waals surface area contributed by atoms with E-state index in [-0.39, 0.29) is 11.7 Å². The predicted molar refractivity (Wildman–Crippen MR) is 117 cm³/mol. The summed E-state index contributed by atoms with van der Waals surface area (Å²) in [5.41, 5.74) is 3.46. The first-order valence-corrected chi connectivity index (χ1v) is 10.2. The van der Waals surface area contributed by atoms with Crippen LogP contribution in [0.3, 0.4) is 0 Å². The highest BCUT2D eigenvalue weighted by atomic mass is 19.1. The molecule has 4 rings (SSSR count). The Balaban J connectivity index is 1.52. The Morgan fingerprint density at radius 3 is 2.77 bits per heavy atom. The molecule has 2 aromatic carbocycles. The van der Waals surface area contributed by atoms with Crippen LogP contribution in [0, 0.1) is 18.7 Å². The fourth-order valence-corrected chi connectivity index (χ4v) is 4.01. The molecule has 1 amide bonds. The number of fused-ring (bicyclic) bond motifs is 1. The third-order valence-electron chi connectivity index (χ3n) is 5.75. The Labute approximate surface area is 175 Å². The van der Waals surface area contributed by atoms with Crippen LogP contribution in [0.2, 0.25) is 0 Å². The lowest BCUT2D eigenvalue weighted by atomic mass is 9.89. The highest BCUT2D eigenvalue weighted by molar-refractivity contribution is 5.91. The van der Waals surface area contributed by atoms with Gasteiger partial charge >= 0.3 is 0 Å². The smallest absolute Gasteiger partial charge is 0.245 e. The molecular formula is C24H25FN4O. The van der Waals surface area contributed by atoms with Crippen molar-refractivity contribution in [3.05, 3.63) is 72.3 Å². The number of hydrogen-bond donors (Lipinski definition) is 1. The number of benzene rings is 2. The molecule has 0 radical (unpaired) electrons. The third-order valence-corrected chi connectivity index (χ3v) is 5.75. The summed E-state index contributed by atoms with van der Waals surface area (Å²) in [6.45, 7) is 6.87. The molecule has 1 fully saturated rings. The van der Waals surface area contributed by atoms with Gasteiger partial charge in [-0.1, -0.05) is 12.6 Å². The molecule has 0 spiro atoms. The molecule has 1 aliphatic heterocycles. The van der Waals surface area contributed by atoms with Crippen LogP contribution in [-0.2, 0) is 11.2 Å². The van der Waals surface area contributed by atoms with Crippen LogP contribution in [0.25, 0.3) is 10.9 Å². The third kappa shape index (κ3) is 4.32. The number of nitrogens with zero attached hydrogens (tertiary/aromatic N) is 3. The molecule has 0 atom stereocenters. The van der Waals surface area contributed by atoms with Crippen LogP contribution >= 0.6 is 0 Å². The number of nitrogens with one attached hydrogen (secondary N) is 1. The lowest BCUT2D eigenvalue weighted by Crippen LogP contribution is -2.37. The van der Waals surface area contributed by atoms with E-state index in [0.717, 1.165) is 48.9 Å². The summed E-state index contributed by atoms with van der Waals surface area (Å²) in [4.78, 5) is 22.4. The topological polar surface area (TPSA) is 58.1 Å². The van der Waals surface area contributed by atoms with Crippen LogP contribution < -0.4 is 5.32 Å². The van der Waals surface area contributed by atoms with Crippen LogP contribution in [0.1, 0.15) is 24.0 Å². The zero-order valence-corrected chi connectivity index (χ0v) is 17.1. The molecular weight excluding hydrogens is 379 g/mol. The van der Waals surface area contributed by atoms with E-state index in [1.807, 2.05) is 11.0 Å². The van der Waals surface area contributed by atoms with Gasteiger partial charge in [0.25, 0.3) is 0 Å². The van der Waals surface area contributed by atoms with E-state index in [1.165, 1.54) is 24.0 Å². The second-order valence-electron chi connectivity index (χ2n) is 7.84. The summed E-state index contributed by atoms with van der Waals surface area (Å²) < 4.78 is 13.6. The SMILES string of the molecule is C=CC(=O)N1CCC(Cc2ccc3ncnc(Nc4ccc(F)c(C)c4)c3c2)CC1. The highest BCUT2D eigenvalue weighted by Gasteiger charge is 2.21. The molecule has 5 nitrogen and oxygen atoms in total. The average molecular weight is 404 g/mol. The van der Waals surface area contributed by atoms with Crippen molar-refractivity contribution in [2.45, 2.75) is 26.2 Å². The molecule has 0 aliphatic carbocycles. The van der Waals surface area contributed by atoms with Crippen molar-refractivity contribution >= 4 is 28.3 Å². The monoisotopic (exact) mass is 404 g/mol. The number of aromatic nitrogens is 2. The minimum atomic E-state index is -0.226. The zero-order valence-electron chi connectivity index (χ0n) is 17.1. The van der Waals surface area contributed by atoms with Gasteiger partial charge in [0.05, 0.1) is 5.52 Å². The van der Waals surface area contributed by atoms with Crippen molar-refractivity contribution in [2.75, 3.05) is 18.4 Å². The van der Waals surface area contributed by atoms with E-state index in [1.54, 1.807) is 19.1 Å². The lowest BCUT2D eigenvalue weighted by Gasteiger charge is -2.31. The van der Waals surface area contributed by atoms with Gasteiger partial charge in [0.15, 0.2) is 0 Å². The van der Waals surface area contributed by atoms with E-state index in [2.05, 4.69) is 34.0 Å². The summed E-state index contributed by atoms with van der Waals surface area (Å²) in [5, 5.41) is 4.24. The van der Waals surface area contributed by atoms with Crippen LogP contribution in [-0.4, -0.2) is 33.9 Å². The summed E-state index contributed by atoms with van der Waals surface area (Å²) in [6, 6.07) is 11.2. The van der Waals surface area contributed by atoms with Crippen LogP contribution in [0.5, 0.6) is 0 Å². The first-order chi connectivity index (χ1) is 14.5. The standard InChI is InChI=1S/C24H25FN4O/c1-3-23(30)29-10-8-17(9-11-29)13-18-4-7-22-20(14-18)24(27-15-26-22)28-19-5-6-21(25)16(2)12-19/h3-7,12,14-15,17H,1,8-11,13H2,2H3,(H,26,27,28). The molecule has 2 heterocycles. The number of rotatable bonds is 5. The van der Waals surface area contributed by atoms with E-state index < -0.39 is 0 Å². The zero-order chi connectivity index (χ0) is 21.1. The van der Waals surface area contributed by atoms with Crippen molar-refractivity contribution < 1.29 is 9.18 Å². The van der Waals surface area contributed by atoms with Gasteiger partial charge in [-0.25, -0.2) is 14.4 Å². The quantitative estimate of drug-likeness (QED) is 0.622. The molecule has 6 heteroatoms. The molecule has 1 aliphatic rings. The Kier molecular flexibility index (Phi) is 5.74. The number of carbonyl (C=O) groups excluding carboxylic acids is 1. The Hall–Kier alpha value is -3.28. The predicted octanol–water partition coefficient (Wildman–Crippen LogP) is 4.79. The number of amides is 1. The number of aryl methyl sites for hydroxylation is 1. The maximum atomic E-state index is 13.6. The van der Waals surface area contributed by atoms with Crippen molar-refractivity contribution in [2.24, 2.45) is 5.92 Å². The van der Waals surface area contributed by atoms with Gasteiger partial charge in [-0.05, 0) is 79.6 Å². The fourth-order valence-electron chi connectivity index (χ4n) is 4.01. The van der Waals surface area contributed by atoms with Gasteiger partial charge in [-0.15, -0.1) is 0 Å². The van der Waals surface area contributed by atoms with E-state index in [4.69, 9.17) is 0 Å². The van der Waals surface area contributed by atoms with Gasteiger partial charge < -0.3 is 10.2 Å². The maximum Gasteiger partial charge on any atom is 0.245 e. The first-order valence-electron chi connectivity index (χ1n) is 10.2. The van der Waals surface area contributed by atoms with Crippen molar-refractivity contribution in [1.82, 2.24) is 14.9 Å².